The number of aromatic nitrogens is 1. The van der Waals surface area contributed by atoms with Gasteiger partial charge in [-0.25, -0.2) is 0 Å². The van der Waals surface area contributed by atoms with Gasteiger partial charge in [0.05, 0.1) is 22.3 Å². The number of hydrogen-bond acceptors (Lipinski definition) is 3. The lowest BCUT2D eigenvalue weighted by molar-refractivity contribution is -0.126. The fourth-order valence-electron chi connectivity index (χ4n) is 2.38. The standard InChI is InChI=1S/C13H18ClN3O/c1-9(2)13(4-6-16-8-13)12(18)17-11-7-15-5-3-10(11)14/h3,5,7,9,16H,4,6,8H2,1-2H3,(H,17,18). The number of nitrogens with zero attached hydrogens (tertiary/aromatic N) is 1. The molecule has 1 aliphatic heterocycles. The van der Waals surface area contributed by atoms with Gasteiger partial charge >= 0.3 is 0 Å². The molecule has 1 fully saturated rings. The average molecular weight is 268 g/mol. The smallest absolute Gasteiger partial charge is 0.232 e. The van der Waals surface area contributed by atoms with E-state index >= 15 is 0 Å². The third kappa shape index (κ3) is 2.35. The van der Waals surface area contributed by atoms with Crippen molar-refractivity contribution in [3.05, 3.63) is 23.5 Å². The number of amides is 1. The van der Waals surface area contributed by atoms with Gasteiger partial charge in [0, 0.05) is 12.7 Å². The lowest BCUT2D eigenvalue weighted by atomic mass is 9.75. The first kappa shape index (κ1) is 13.3. The summed E-state index contributed by atoms with van der Waals surface area (Å²) in [4.78, 5) is 16.5. The fraction of sp³-hybridized carbons (Fsp3) is 0.538. The van der Waals surface area contributed by atoms with Crippen molar-refractivity contribution in [2.75, 3.05) is 18.4 Å². The van der Waals surface area contributed by atoms with Crippen LogP contribution in [0.1, 0.15) is 20.3 Å². The number of rotatable bonds is 3. The van der Waals surface area contributed by atoms with Crippen LogP contribution in [0.2, 0.25) is 5.02 Å². The van der Waals surface area contributed by atoms with Crippen LogP contribution in [0.15, 0.2) is 18.5 Å². The topological polar surface area (TPSA) is 54.0 Å². The lowest BCUT2D eigenvalue weighted by Crippen LogP contribution is -2.42. The maximum Gasteiger partial charge on any atom is 0.232 e. The largest absolute Gasteiger partial charge is 0.323 e. The fourth-order valence-corrected chi connectivity index (χ4v) is 2.53. The van der Waals surface area contributed by atoms with E-state index in [1.807, 2.05) is 0 Å². The Morgan fingerprint density at radius 3 is 2.94 bits per heavy atom. The molecule has 0 aromatic carbocycles. The normalized spacial score (nSPS) is 23.3. The number of carbonyl (C=O) groups is 1. The monoisotopic (exact) mass is 267 g/mol. The van der Waals surface area contributed by atoms with Crippen LogP contribution in [-0.2, 0) is 4.79 Å². The van der Waals surface area contributed by atoms with Gasteiger partial charge in [0.2, 0.25) is 5.91 Å². The minimum atomic E-state index is -0.348. The molecule has 0 bridgehead atoms. The Morgan fingerprint density at radius 2 is 2.39 bits per heavy atom. The van der Waals surface area contributed by atoms with Gasteiger partial charge < -0.3 is 10.6 Å². The summed E-state index contributed by atoms with van der Waals surface area (Å²) >= 11 is 6.03. The van der Waals surface area contributed by atoms with E-state index < -0.39 is 0 Å². The molecule has 4 nitrogen and oxygen atoms in total. The zero-order chi connectivity index (χ0) is 13.2. The molecule has 2 heterocycles. The molecule has 1 aliphatic rings. The summed E-state index contributed by atoms with van der Waals surface area (Å²) in [6.45, 7) is 5.76. The first-order valence-electron chi connectivity index (χ1n) is 6.18. The van der Waals surface area contributed by atoms with E-state index in [0.717, 1.165) is 13.0 Å². The van der Waals surface area contributed by atoms with Gasteiger partial charge in [-0.1, -0.05) is 25.4 Å². The van der Waals surface area contributed by atoms with E-state index in [2.05, 4.69) is 29.5 Å². The van der Waals surface area contributed by atoms with Crippen LogP contribution in [0.4, 0.5) is 5.69 Å². The summed E-state index contributed by atoms with van der Waals surface area (Å²) in [5.41, 5.74) is 0.232. The van der Waals surface area contributed by atoms with E-state index in [-0.39, 0.29) is 17.2 Å². The van der Waals surface area contributed by atoms with Crippen molar-refractivity contribution >= 4 is 23.2 Å². The van der Waals surface area contributed by atoms with E-state index in [9.17, 15) is 4.79 Å². The molecule has 0 radical (unpaired) electrons. The summed E-state index contributed by atoms with van der Waals surface area (Å²) in [5.74, 6) is 0.306. The molecule has 0 spiro atoms. The molecule has 0 saturated carbocycles. The number of nitrogens with one attached hydrogen (secondary N) is 2. The number of halogens is 1. The van der Waals surface area contributed by atoms with Crippen LogP contribution in [0, 0.1) is 11.3 Å². The van der Waals surface area contributed by atoms with Crippen LogP contribution >= 0.6 is 11.6 Å². The van der Waals surface area contributed by atoms with Gasteiger partial charge in [0.15, 0.2) is 0 Å². The Morgan fingerprint density at radius 1 is 1.61 bits per heavy atom. The maximum atomic E-state index is 12.5. The molecule has 1 unspecified atom stereocenters. The molecule has 0 aliphatic carbocycles. The number of anilines is 1. The Labute approximate surface area is 112 Å². The molecule has 1 amide bonds. The predicted octanol–water partition coefficient (Wildman–Crippen LogP) is 2.31. The summed E-state index contributed by atoms with van der Waals surface area (Å²) in [6, 6.07) is 1.67. The highest BCUT2D eigenvalue weighted by Crippen LogP contribution is 2.36. The Kier molecular flexibility index (Phi) is 3.88. The SMILES string of the molecule is CC(C)C1(C(=O)Nc2cnccc2Cl)CCNC1. The quantitative estimate of drug-likeness (QED) is 0.884. The van der Waals surface area contributed by atoms with Gasteiger partial charge in [-0.3, -0.25) is 9.78 Å². The second kappa shape index (κ2) is 5.24. The van der Waals surface area contributed by atoms with Gasteiger partial charge in [0.25, 0.3) is 0 Å². The van der Waals surface area contributed by atoms with Crippen molar-refractivity contribution in [3.63, 3.8) is 0 Å². The second-order valence-corrected chi connectivity index (χ2v) is 5.45. The predicted molar refractivity (Wildman–Crippen MR) is 72.6 cm³/mol. The molecule has 2 rings (SSSR count). The molecule has 1 aromatic rings. The van der Waals surface area contributed by atoms with Crippen LogP contribution in [0.3, 0.4) is 0 Å². The van der Waals surface area contributed by atoms with E-state index in [4.69, 9.17) is 11.6 Å². The molecule has 98 valence electrons. The second-order valence-electron chi connectivity index (χ2n) is 5.05. The molecule has 5 heteroatoms. The highest BCUT2D eigenvalue weighted by atomic mass is 35.5. The van der Waals surface area contributed by atoms with Crippen LogP contribution in [0.5, 0.6) is 0 Å². The Balaban J connectivity index is 2.19. The van der Waals surface area contributed by atoms with Gasteiger partial charge in [-0.05, 0) is 24.9 Å². The van der Waals surface area contributed by atoms with Crippen molar-refractivity contribution in [1.82, 2.24) is 10.3 Å². The third-order valence-electron chi connectivity index (χ3n) is 3.76. The average Bonchev–Trinajstić information content (AvgIpc) is 2.82. The van der Waals surface area contributed by atoms with Gasteiger partial charge in [0.1, 0.15) is 0 Å². The van der Waals surface area contributed by atoms with E-state index in [0.29, 0.717) is 17.3 Å². The zero-order valence-corrected chi connectivity index (χ0v) is 11.4. The van der Waals surface area contributed by atoms with Crippen LogP contribution in [-0.4, -0.2) is 24.0 Å². The van der Waals surface area contributed by atoms with Crippen molar-refractivity contribution in [2.45, 2.75) is 20.3 Å². The lowest BCUT2D eigenvalue weighted by Gasteiger charge is -2.31. The number of carbonyl (C=O) groups excluding carboxylic acids is 1. The Bertz CT molecular complexity index is 442. The molecular formula is C13H18ClN3O. The maximum absolute atomic E-state index is 12.5. The van der Waals surface area contributed by atoms with Gasteiger partial charge in [-0.15, -0.1) is 0 Å². The van der Waals surface area contributed by atoms with Crippen molar-refractivity contribution in [1.29, 1.82) is 0 Å². The first-order valence-corrected chi connectivity index (χ1v) is 6.56. The zero-order valence-electron chi connectivity index (χ0n) is 10.7. The highest BCUT2D eigenvalue weighted by Gasteiger charge is 2.43. The number of hydrogen-bond donors (Lipinski definition) is 2. The molecule has 1 aromatic heterocycles. The summed E-state index contributed by atoms with van der Waals surface area (Å²) in [5, 5.41) is 6.68. The minimum Gasteiger partial charge on any atom is -0.323 e. The Hall–Kier alpha value is -1.13. The molecule has 1 atom stereocenters. The van der Waals surface area contributed by atoms with Crippen LogP contribution in [0.25, 0.3) is 0 Å². The molecular weight excluding hydrogens is 250 g/mol. The van der Waals surface area contributed by atoms with Crippen LogP contribution < -0.4 is 10.6 Å². The summed E-state index contributed by atoms with van der Waals surface area (Å²) < 4.78 is 0. The van der Waals surface area contributed by atoms with Crippen molar-refractivity contribution < 1.29 is 4.79 Å². The number of pyridine rings is 1. The van der Waals surface area contributed by atoms with E-state index in [1.165, 1.54) is 0 Å². The summed E-state index contributed by atoms with van der Waals surface area (Å²) in [7, 11) is 0. The molecule has 1 saturated heterocycles. The van der Waals surface area contributed by atoms with Crippen molar-refractivity contribution in [2.24, 2.45) is 11.3 Å². The van der Waals surface area contributed by atoms with E-state index in [1.54, 1.807) is 18.5 Å². The first-order chi connectivity index (χ1) is 8.56. The highest BCUT2D eigenvalue weighted by molar-refractivity contribution is 6.33. The molecule has 18 heavy (non-hydrogen) atoms. The summed E-state index contributed by atoms with van der Waals surface area (Å²) in [6.07, 6.45) is 4.04. The third-order valence-corrected chi connectivity index (χ3v) is 4.09. The molecule has 2 N–H and O–H groups in total. The minimum absolute atomic E-state index is 0.0254. The van der Waals surface area contributed by atoms with Gasteiger partial charge in [-0.2, -0.15) is 0 Å². The van der Waals surface area contributed by atoms with Crippen molar-refractivity contribution in [3.8, 4) is 0 Å².